The van der Waals surface area contributed by atoms with Gasteiger partial charge in [0.2, 0.25) is 0 Å². The molecule has 1 N–H and O–H groups in total. The highest BCUT2D eigenvalue weighted by molar-refractivity contribution is 6.00. The third-order valence-corrected chi connectivity index (χ3v) is 4.29. The van der Waals surface area contributed by atoms with Crippen LogP contribution in [0.15, 0.2) is 24.3 Å². The van der Waals surface area contributed by atoms with Gasteiger partial charge in [-0.15, -0.1) is 0 Å². The summed E-state index contributed by atoms with van der Waals surface area (Å²) in [6.45, 7) is 0. The summed E-state index contributed by atoms with van der Waals surface area (Å²) in [6, 6.07) is 6.41. The van der Waals surface area contributed by atoms with Crippen LogP contribution >= 0.6 is 0 Å². The number of hydrogen-bond acceptors (Lipinski definition) is 2. The Bertz CT molecular complexity index is 446. The molecule has 0 bridgehead atoms. The molecular formula is C15H18FNO. The van der Waals surface area contributed by atoms with Crippen LogP contribution in [0.3, 0.4) is 0 Å². The van der Waals surface area contributed by atoms with Crippen molar-refractivity contribution in [2.24, 2.45) is 5.92 Å². The maximum Gasteiger partial charge on any atom is 0.179 e. The minimum Gasteiger partial charge on any atom is -0.304 e. The first-order valence-electron chi connectivity index (χ1n) is 6.80. The van der Waals surface area contributed by atoms with Gasteiger partial charge in [0, 0.05) is 11.6 Å². The fraction of sp³-hybridized carbons (Fsp3) is 0.533. The first-order chi connectivity index (χ1) is 8.74. The second-order valence-electron chi connectivity index (χ2n) is 5.48. The molecule has 0 radical (unpaired) electrons. The molecule has 3 heteroatoms. The Labute approximate surface area is 107 Å². The minimum absolute atomic E-state index is 0.0453. The fourth-order valence-electron chi connectivity index (χ4n) is 3.36. The zero-order valence-corrected chi connectivity index (χ0v) is 10.4. The quantitative estimate of drug-likeness (QED) is 0.814. The van der Waals surface area contributed by atoms with Crippen molar-refractivity contribution in [2.75, 3.05) is 0 Å². The molecule has 1 aliphatic heterocycles. The van der Waals surface area contributed by atoms with E-state index in [2.05, 4.69) is 5.32 Å². The number of fused-ring (bicyclic) bond motifs is 1. The van der Waals surface area contributed by atoms with E-state index in [9.17, 15) is 9.18 Å². The van der Waals surface area contributed by atoms with E-state index in [0.29, 0.717) is 17.5 Å². The third-order valence-electron chi connectivity index (χ3n) is 4.29. The van der Waals surface area contributed by atoms with Gasteiger partial charge in [-0.1, -0.05) is 25.0 Å². The van der Waals surface area contributed by atoms with Crippen LogP contribution in [0.1, 0.15) is 42.5 Å². The monoisotopic (exact) mass is 247 g/mol. The Morgan fingerprint density at radius 1 is 1.28 bits per heavy atom. The highest BCUT2D eigenvalue weighted by atomic mass is 19.1. The molecule has 18 heavy (non-hydrogen) atoms. The van der Waals surface area contributed by atoms with E-state index in [-0.39, 0.29) is 17.6 Å². The maximum atomic E-state index is 13.1. The molecule has 0 amide bonds. The lowest BCUT2D eigenvalue weighted by Gasteiger charge is -2.24. The summed E-state index contributed by atoms with van der Waals surface area (Å²) < 4.78 is 13.1. The van der Waals surface area contributed by atoms with E-state index in [1.54, 1.807) is 12.1 Å². The van der Waals surface area contributed by atoms with Crippen LogP contribution in [0, 0.1) is 11.7 Å². The largest absolute Gasteiger partial charge is 0.304 e. The number of carbonyl (C=O) groups excluding carboxylic acids is 1. The molecule has 1 aromatic rings. The van der Waals surface area contributed by atoms with Crippen LogP contribution in [0.5, 0.6) is 0 Å². The number of nitrogens with one attached hydrogen (secondary N) is 1. The molecule has 1 saturated heterocycles. The number of Topliss-reactive ketones (excluding diaryl/α,β-unsaturated/α-hetero) is 1. The second kappa shape index (κ2) is 4.81. The molecule has 2 aliphatic rings. The molecule has 0 aromatic heterocycles. The minimum atomic E-state index is -0.337. The highest BCUT2D eigenvalue weighted by Crippen LogP contribution is 2.34. The van der Waals surface area contributed by atoms with Crippen molar-refractivity contribution >= 4 is 5.78 Å². The summed E-state index contributed by atoms with van der Waals surface area (Å²) in [7, 11) is 0. The zero-order chi connectivity index (χ0) is 12.5. The van der Waals surface area contributed by atoms with Crippen LogP contribution < -0.4 is 5.32 Å². The molecule has 2 nitrogen and oxygen atoms in total. The van der Waals surface area contributed by atoms with Gasteiger partial charge in [-0.05, 0) is 37.3 Å². The van der Waals surface area contributed by atoms with Crippen LogP contribution in [-0.2, 0) is 0 Å². The lowest BCUT2D eigenvalue weighted by Crippen LogP contribution is -2.37. The summed E-state index contributed by atoms with van der Waals surface area (Å²) in [5, 5.41) is 3.44. The number of hydrogen-bond donors (Lipinski definition) is 1. The van der Waals surface area contributed by atoms with Gasteiger partial charge in [0.1, 0.15) is 5.82 Å². The van der Waals surface area contributed by atoms with E-state index in [0.717, 1.165) is 6.42 Å². The van der Waals surface area contributed by atoms with Crippen molar-refractivity contribution < 1.29 is 9.18 Å². The van der Waals surface area contributed by atoms with Gasteiger partial charge in [0.25, 0.3) is 0 Å². The van der Waals surface area contributed by atoms with Crippen molar-refractivity contribution in [3.8, 4) is 0 Å². The second-order valence-corrected chi connectivity index (χ2v) is 5.48. The SMILES string of the molecule is O=C(c1cccc(F)c1)C1CC2CCCCC2N1. The van der Waals surface area contributed by atoms with E-state index in [1.165, 1.54) is 37.8 Å². The average Bonchev–Trinajstić information content (AvgIpc) is 2.81. The van der Waals surface area contributed by atoms with Crippen molar-refractivity contribution in [3.63, 3.8) is 0 Å². The molecule has 3 rings (SSSR count). The molecular weight excluding hydrogens is 229 g/mol. The number of ketones is 1. The van der Waals surface area contributed by atoms with Crippen LogP contribution in [-0.4, -0.2) is 17.9 Å². The van der Waals surface area contributed by atoms with Crippen molar-refractivity contribution in [3.05, 3.63) is 35.6 Å². The molecule has 96 valence electrons. The Morgan fingerprint density at radius 3 is 2.89 bits per heavy atom. The molecule has 1 aliphatic carbocycles. The van der Waals surface area contributed by atoms with E-state index in [1.807, 2.05) is 0 Å². The van der Waals surface area contributed by atoms with Gasteiger partial charge >= 0.3 is 0 Å². The number of benzene rings is 1. The summed E-state index contributed by atoms with van der Waals surface area (Å²) in [5.41, 5.74) is 0.492. The lowest BCUT2D eigenvalue weighted by molar-refractivity contribution is 0.0948. The molecule has 1 aromatic carbocycles. The topological polar surface area (TPSA) is 29.1 Å². The van der Waals surface area contributed by atoms with Gasteiger partial charge in [-0.2, -0.15) is 0 Å². The summed E-state index contributed by atoms with van der Waals surface area (Å²) in [5.74, 6) is 0.349. The predicted molar refractivity (Wildman–Crippen MR) is 68.0 cm³/mol. The summed E-state index contributed by atoms with van der Waals surface area (Å²) >= 11 is 0. The third kappa shape index (κ3) is 2.19. The Balaban J connectivity index is 1.74. The van der Waals surface area contributed by atoms with Crippen LogP contribution in [0.2, 0.25) is 0 Å². The van der Waals surface area contributed by atoms with Gasteiger partial charge < -0.3 is 5.32 Å². The normalized spacial score (nSPS) is 31.1. The Hall–Kier alpha value is -1.22. The van der Waals surface area contributed by atoms with Crippen LogP contribution in [0.25, 0.3) is 0 Å². The molecule has 0 spiro atoms. The molecule has 3 atom stereocenters. The van der Waals surface area contributed by atoms with E-state index < -0.39 is 0 Å². The van der Waals surface area contributed by atoms with Gasteiger partial charge in [0.05, 0.1) is 6.04 Å². The lowest BCUT2D eigenvalue weighted by atomic mass is 9.84. The smallest absolute Gasteiger partial charge is 0.179 e. The molecule has 1 saturated carbocycles. The zero-order valence-electron chi connectivity index (χ0n) is 10.4. The molecule has 1 heterocycles. The van der Waals surface area contributed by atoms with Gasteiger partial charge in [0.15, 0.2) is 5.78 Å². The number of halogens is 1. The fourth-order valence-corrected chi connectivity index (χ4v) is 3.36. The number of rotatable bonds is 2. The maximum absolute atomic E-state index is 13.1. The van der Waals surface area contributed by atoms with Gasteiger partial charge in [-0.3, -0.25) is 4.79 Å². The average molecular weight is 247 g/mol. The van der Waals surface area contributed by atoms with Crippen molar-refractivity contribution in [2.45, 2.75) is 44.2 Å². The predicted octanol–water partition coefficient (Wildman–Crippen LogP) is 2.93. The Kier molecular flexibility index (Phi) is 3.16. The standard InChI is InChI=1S/C15H18FNO/c16-12-6-3-5-11(8-12)15(18)14-9-10-4-1-2-7-13(10)17-14/h3,5-6,8,10,13-14,17H,1-2,4,7,9H2. The summed E-state index contributed by atoms with van der Waals surface area (Å²) in [6.07, 6.45) is 5.86. The highest BCUT2D eigenvalue weighted by Gasteiger charge is 2.38. The van der Waals surface area contributed by atoms with Crippen molar-refractivity contribution in [1.29, 1.82) is 0 Å². The molecule has 2 fully saturated rings. The van der Waals surface area contributed by atoms with E-state index in [4.69, 9.17) is 0 Å². The number of carbonyl (C=O) groups is 1. The first-order valence-corrected chi connectivity index (χ1v) is 6.80. The molecule has 3 unspecified atom stereocenters. The summed E-state index contributed by atoms with van der Waals surface area (Å²) in [4.78, 5) is 12.3. The van der Waals surface area contributed by atoms with Gasteiger partial charge in [-0.25, -0.2) is 4.39 Å². The van der Waals surface area contributed by atoms with Crippen molar-refractivity contribution in [1.82, 2.24) is 5.32 Å². The van der Waals surface area contributed by atoms with Crippen LogP contribution in [0.4, 0.5) is 4.39 Å². The first kappa shape index (κ1) is 11.8. The Morgan fingerprint density at radius 2 is 2.11 bits per heavy atom. The van der Waals surface area contributed by atoms with E-state index >= 15 is 0 Å².